The number of halogens is 1. The van der Waals surface area contributed by atoms with Gasteiger partial charge in [0, 0.05) is 23.7 Å². The molecule has 0 unspecified atom stereocenters. The number of benzene rings is 2. The van der Waals surface area contributed by atoms with Gasteiger partial charge in [0.05, 0.1) is 12.2 Å². The number of rotatable bonds is 10. The molecule has 2 aromatic rings. The highest BCUT2D eigenvalue weighted by atomic mass is 35.5. The highest BCUT2D eigenvalue weighted by Crippen LogP contribution is 2.29. The second-order valence-electron chi connectivity index (χ2n) is 6.60. The lowest BCUT2D eigenvalue weighted by molar-refractivity contribution is -0.116. The van der Waals surface area contributed by atoms with Gasteiger partial charge in [-0.15, -0.1) is 0 Å². The number of carbonyl (C=O) groups excluding carboxylic acids is 2. The Bertz CT molecular complexity index is 852. The van der Waals surface area contributed by atoms with E-state index in [1.165, 1.54) is 0 Å². The molecule has 6 heteroatoms. The summed E-state index contributed by atoms with van der Waals surface area (Å²) in [6.45, 7) is 6.85. The highest BCUT2D eigenvalue weighted by molar-refractivity contribution is 6.32. The standard InChI is InChI=1S/C23H29ClN2O3/c1-4-16-13-14-19(24)17(5-2)22(16)26-21(27)12-9-15-25-23(28)18-10-7-8-11-20(18)29-6-3/h7-8,10-11,13-14H,4-6,9,12,15H2,1-3H3,(H,25,28)(H,26,27). The lowest BCUT2D eigenvalue weighted by Gasteiger charge is -2.16. The Morgan fingerprint density at radius 1 is 1.03 bits per heavy atom. The quantitative estimate of drug-likeness (QED) is 0.535. The van der Waals surface area contributed by atoms with E-state index in [2.05, 4.69) is 10.6 Å². The smallest absolute Gasteiger partial charge is 0.255 e. The van der Waals surface area contributed by atoms with Gasteiger partial charge in [0.1, 0.15) is 5.75 Å². The van der Waals surface area contributed by atoms with Crippen LogP contribution in [-0.4, -0.2) is 25.0 Å². The van der Waals surface area contributed by atoms with Crippen molar-refractivity contribution in [1.82, 2.24) is 5.32 Å². The molecule has 0 saturated heterocycles. The minimum absolute atomic E-state index is 0.0827. The van der Waals surface area contributed by atoms with Crippen LogP contribution >= 0.6 is 11.6 Å². The summed E-state index contributed by atoms with van der Waals surface area (Å²) in [5.74, 6) is 0.275. The van der Waals surface area contributed by atoms with E-state index in [0.717, 1.165) is 29.7 Å². The van der Waals surface area contributed by atoms with Gasteiger partial charge in [-0.05, 0) is 55.5 Å². The van der Waals surface area contributed by atoms with Crippen LogP contribution in [0.25, 0.3) is 0 Å². The fourth-order valence-corrected chi connectivity index (χ4v) is 3.44. The second-order valence-corrected chi connectivity index (χ2v) is 7.01. The van der Waals surface area contributed by atoms with Crippen LogP contribution in [-0.2, 0) is 17.6 Å². The Kier molecular flexibility index (Phi) is 9.00. The van der Waals surface area contributed by atoms with E-state index in [1.807, 2.05) is 39.0 Å². The summed E-state index contributed by atoms with van der Waals surface area (Å²) in [5.41, 5.74) is 3.35. The summed E-state index contributed by atoms with van der Waals surface area (Å²) >= 11 is 6.29. The van der Waals surface area contributed by atoms with Crippen LogP contribution in [0.4, 0.5) is 5.69 Å². The molecule has 0 aliphatic carbocycles. The summed E-state index contributed by atoms with van der Waals surface area (Å²) in [5, 5.41) is 6.53. The van der Waals surface area contributed by atoms with Crippen LogP contribution in [0.1, 0.15) is 55.1 Å². The topological polar surface area (TPSA) is 67.4 Å². The highest BCUT2D eigenvalue weighted by Gasteiger charge is 2.14. The van der Waals surface area contributed by atoms with E-state index >= 15 is 0 Å². The number of carbonyl (C=O) groups is 2. The van der Waals surface area contributed by atoms with Crippen molar-refractivity contribution in [3.8, 4) is 5.75 Å². The van der Waals surface area contributed by atoms with Crippen molar-refractivity contribution >= 4 is 29.1 Å². The predicted molar refractivity (Wildman–Crippen MR) is 118 cm³/mol. The molecule has 2 rings (SSSR count). The summed E-state index contributed by atoms with van der Waals surface area (Å²) in [4.78, 5) is 24.8. The monoisotopic (exact) mass is 416 g/mol. The molecular weight excluding hydrogens is 388 g/mol. The maximum Gasteiger partial charge on any atom is 0.255 e. The fraction of sp³-hybridized carbons (Fsp3) is 0.391. The summed E-state index contributed by atoms with van der Waals surface area (Å²) in [6, 6.07) is 11.0. The van der Waals surface area contributed by atoms with E-state index in [1.54, 1.807) is 18.2 Å². The Hall–Kier alpha value is -2.53. The second kappa shape index (κ2) is 11.5. The molecule has 2 N–H and O–H groups in total. The van der Waals surface area contributed by atoms with Gasteiger partial charge in [0.25, 0.3) is 5.91 Å². The van der Waals surface area contributed by atoms with Gasteiger partial charge in [0.15, 0.2) is 0 Å². The van der Waals surface area contributed by atoms with Crippen LogP contribution in [0, 0.1) is 0 Å². The molecule has 0 radical (unpaired) electrons. The van der Waals surface area contributed by atoms with Crippen molar-refractivity contribution in [2.24, 2.45) is 0 Å². The van der Waals surface area contributed by atoms with Crippen molar-refractivity contribution in [1.29, 1.82) is 0 Å². The van der Waals surface area contributed by atoms with E-state index in [9.17, 15) is 9.59 Å². The van der Waals surface area contributed by atoms with Crippen molar-refractivity contribution in [3.63, 3.8) is 0 Å². The van der Waals surface area contributed by atoms with Crippen molar-refractivity contribution < 1.29 is 14.3 Å². The largest absolute Gasteiger partial charge is 0.493 e. The van der Waals surface area contributed by atoms with Gasteiger partial charge < -0.3 is 15.4 Å². The number of hydrogen-bond donors (Lipinski definition) is 2. The number of aryl methyl sites for hydroxylation is 1. The molecule has 5 nitrogen and oxygen atoms in total. The van der Waals surface area contributed by atoms with Crippen molar-refractivity contribution in [2.45, 2.75) is 46.5 Å². The van der Waals surface area contributed by atoms with Gasteiger partial charge in [-0.1, -0.05) is 43.6 Å². The summed E-state index contributed by atoms with van der Waals surface area (Å²) in [6.07, 6.45) is 2.41. The molecule has 2 amide bonds. The molecular formula is C23H29ClN2O3. The van der Waals surface area contributed by atoms with Gasteiger partial charge >= 0.3 is 0 Å². The Morgan fingerprint density at radius 3 is 2.48 bits per heavy atom. The van der Waals surface area contributed by atoms with E-state index in [4.69, 9.17) is 16.3 Å². The number of para-hydroxylation sites is 1. The third kappa shape index (κ3) is 6.23. The predicted octanol–water partition coefficient (Wildman–Crippen LogP) is 5.01. The number of nitrogens with one attached hydrogen (secondary N) is 2. The third-order valence-corrected chi connectivity index (χ3v) is 4.99. The fourth-order valence-electron chi connectivity index (χ4n) is 3.15. The molecule has 0 atom stereocenters. The van der Waals surface area contributed by atoms with Gasteiger partial charge in [-0.3, -0.25) is 9.59 Å². The molecule has 0 aliphatic rings. The normalized spacial score (nSPS) is 10.5. The first-order valence-electron chi connectivity index (χ1n) is 10.1. The molecule has 0 spiro atoms. The zero-order chi connectivity index (χ0) is 21.2. The lowest BCUT2D eigenvalue weighted by atomic mass is 10.0. The number of amides is 2. The number of anilines is 1. The van der Waals surface area contributed by atoms with Gasteiger partial charge in [0.2, 0.25) is 5.91 Å². The average Bonchev–Trinajstić information content (AvgIpc) is 2.72. The molecule has 0 heterocycles. The molecule has 0 saturated carbocycles. The minimum atomic E-state index is -0.203. The van der Waals surface area contributed by atoms with Crippen LogP contribution in [0.3, 0.4) is 0 Å². The zero-order valence-corrected chi connectivity index (χ0v) is 18.1. The first-order valence-corrected chi connectivity index (χ1v) is 10.5. The number of hydrogen-bond acceptors (Lipinski definition) is 3. The van der Waals surface area contributed by atoms with Crippen molar-refractivity contribution in [2.75, 3.05) is 18.5 Å². The van der Waals surface area contributed by atoms with E-state index < -0.39 is 0 Å². The molecule has 0 aromatic heterocycles. The van der Waals surface area contributed by atoms with Crippen LogP contribution in [0.5, 0.6) is 5.75 Å². The van der Waals surface area contributed by atoms with Crippen LogP contribution in [0.2, 0.25) is 5.02 Å². The van der Waals surface area contributed by atoms with E-state index in [0.29, 0.717) is 42.3 Å². The SMILES string of the molecule is CCOc1ccccc1C(=O)NCCCC(=O)Nc1c(CC)ccc(Cl)c1CC. The van der Waals surface area contributed by atoms with E-state index in [-0.39, 0.29) is 11.8 Å². The first kappa shape index (κ1) is 22.8. The average molecular weight is 417 g/mol. The Balaban J connectivity index is 1.89. The van der Waals surface area contributed by atoms with Crippen LogP contribution in [0.15, 0.2) is 36.4 Å². The molecule has 2 aromatic carbocycles. The van der Waals surface area contributed by atoms with Gasteiger partial charge in [-0.25, -0.2) is 0 Å². The van der Waals surface area contributed by atoms with Crippen molar-refractivity contribution in [3.05, 3.63) is 58.1 Å². The lowest BCUT2D eigenvalue weighted by Crippen LogP contribution is -2.26. The van der Waals surface area contributed by atoms with Gasteiger partial charge in [-0.2, -0.15) is 0 Å². The summed E-state index contributed by atoms with van der Waals surface area (Å²) in [7, 11) is 0. The molecule has 29 heavy (non-hydrogen) atoms. The first-order chi connectivity index (χ1) is 14.0. The summed E-state index contributed by atoms with van der Waals surface area (Å²) < 4.78 is 5.49. The third-order valence-electron chi connectivity index (χ3n) is 4.64. The number of ether oxygens (including phenoxy) is 1. The minimum Gasteiger partial charge on any atom is -0.493 e. The zero-order valence-electron chi connectivity index (χ0n) is 17.3. The molecule has 0 fully saturated rings. The van der Waals surface area contributed by atoms with Crippen LogP contribution < -0.4 is 15.4 Å². The molecule has 0 aliphatic heterocycles. The Morgan fingerprint density at radius 2 is 1.79 bits per heavy atom. The maximum absolute atomic E-state index is 12.4. The maximum atomic E-state index is 12.4. The molecule has 156 valence electrons. The molecule has 0 bridgehead atoms. The Labute approximate surface area is 177 Å².